The highest BCUT2D eigenvalue weighted by molar-refractivity contribution is 7.90. The summed E-state index contributed by atoms with van der Waals surface area (Å²) in [5, 5.41) is 2.82. The number of carbonyl (C=O) groups is 1. The van der Waals surface area contributed by atoms with Gasteiger partial charge < -0.3 is 10.1 Å². The Morgan fingerprint density at radius 3 is 2.39 bits per heavy atom. The monoisotopic (exact) mass is 395 g/mol. The zero-order valence-electron chi connectivity index (χ0n) is 15.5. The van der Waals surface area contributed by atoms with Gasteiger partial charge in [0, 0.05) is 5.56 Å². The van der Waals surface area contributed by atoms with Gasteiger partial charge in [0.25, 0.3) is 5.91 Å². The van der Waals surface area contributed by atoms with E-state index < -0.39 is 9.84 Å². The SMILES string of the molecule is CCOc1ccccc1NC(=O)c1cccc(CS(=O)(=O)c2ccccc2)c1. The van der Waals surface area contributed by atoms with Gasteiger partial charge in [-0.15, -0.1) is 0 Å². The maximum Gasteiger partial charge on any atom is 0.255 e. The molecule has 3 rings (SSSR count). The molecule has 144 valence electrons. The molecule has 28 heavy (non-hydrogen) atoms. The van der Waals surface area contributed by atoms with Crippen LogP contribution in [0.15, 0.2) is 83.8 Å². The summed E-state index contributed by atoms with van der Waals surface area (Å²) in [7, 11) is -3.48. The third kappa shape index (κ3) is 4.78. The van der Waals surface area contributed by atoms with Gasteiger partial charge in [-0.3, -0.25) is 4.79 Å². The van der Waals surface area contributed by atoms with Crippen molar-refractivity contribution in [1.82, 2.24) is 0 Å². The van der Waals surface area contributed by atoms with Crippen LogP contribution in [0.1, 0.15) is 22.8 Å². The predicted octanol–water partition coefficient (Wildman–Crippen LogP) is 4.31. The lowest BCUT2D eigenvalue weighted by Gasteiger charge is -2.12. The maximum absolute atomic E-state index is 12.6. The van der Waals surface area contributed by atoms with Crippen molar-refractivity contribution >= 4 is 21.4 Å². The summed E-state index contributed by atoms with van der Waals surface area (Å²) in [6.45, 7) is 2.36. The Balaban J connectivity index is 1.79. The summed E-state index contributed by atoms with van der Waals surface area (Å²) in [5.41, 5.74) is 1.50. The Morgan fingerprint density at radius 2 is 1.64 bits per heavy atom. The second kappa shape index (κ2) is 8.71. The highest BCUT2D eigenvalue weighted by Crippen LogP contribution is 2.24. The number of carbonyl (C=O) groups excluding carboxylic acids is 1. The fraction of sp³-hybridized carbons (Fsp3) is 0.136. The Bertz CT molecular complexity index is 1060. The first kappa shape index (κ1) is 19.6. The Hall–Kier alpha value is -3.12. The average molecular weight is 395 g/mol. The van der Waals surface area contributed by atoms with E-state index in [0.29, 0.717) is 29.2 Å². The van der Waals surface area contributed by atoms with Crippen LogP contribution in [0.2, 0.25) is 0 Å². The van der Waals surface area contributed by atoms with Crippen molar-refractivity contribution < 1.29 is 17.9 Å². The molecule has 3 aromatic carbocycles. The Kier molecular flexibility index (Phi) is 6.11. The molecule has 0 saturated carbocycles. The summed E-state index contributed by atoms with van der Waals surface area (Å²) < 4.78 is 30.7. The molecule has 0 aromatic heterocycles. The molecule has 0 aliphatic carbocycles. The molecule has 6 heteroatoms. The first-order valence-electron chi connectivity index (χ1n) is 8.89. The third-order valence-corrected chi connectivity index (χ3v) is 5.79. The average Bonchev–Trinajstić information content (AvgIpc) is 2.70. The van der Waals surface area contributed by atoms with Crippen molar-refractivity contribution in [3.8, 4) is 5.75 Å². The van der Waals surface area contributed by atoms with Crippen molar-refractivity contribution in [2.75, 3.05) is 11.9 Å². The highest BCUT2D eigenvalue weighted by atomic mass is 32.2. The molecule has 0 atom stereocenters. The molecule has 0 aliphatic rings. The normalized spacial score (nSPS) is 11.0. The second-order valence-electron chi connectivity index (χ2n) is 6.16. The number of amides is 1. The minimum atomic E-state index is -3.48. The number of ether oxygens (including phenoxy) is 1. The topological polar surface area (TPSA) is 72.5 Å². The van der Waals surface area contributed by atoms with Crippen molar-refractivity contribution in [3.05, 3.63) is 90.0 Å². The second-order valence-corrected chi connectivity index (χ2v) is 8.15. The molecule has 0 fully saturated rings. The predicted molar refractivity (Wildman–Crippen MR) is 109 cm³/mol. The summed E-state index contributed by atoms with van der Waals surface area (Å²) in [4.78, 5) is 12.9. The van der Waals surface area contributed by atoms with Crippen LogP contribution in [0.25, 0.3) is 0 Å². The highest BCUT2D eigenvalue weighted by Gasteiger charge is 2.16. The van der Waals surface area contributed by atoms with Crippen LogP contribution in [0, 0.1) is 0 Å². The van der Waals surface area contributed by atoms with Gasteiger partial charge in [0.05, 0.1) is 22.9 Å². The van der Waals surface area contributed by atoms with Crippen LogP contribution in [-0.2, 0) is 15.6 Å². The number of anilines is 1. The van der Waals surface area contributed by atoms with Gasteiger partial charge in [-0.25, -0.2) is 8.42 Å². The Morgan fingerprint density at radius 1 is 0.929 bits per heavy atom. The van der Waals surface area contributed by atoms with Crippen LogP contribution in [0.3, 0.4) is 0 Å². The van der Waals surface area contributed by atoms with E-state index >= 15 is 0 Å². The van der Waals surface area contributed by atoms with Gasteiger partial charge in [-0.05, 0) is 48.9 Å². The van der Waals surface area contributed by atoms with Crippen LogP contribution in [0.5, 0.6) is 5.75 Å². The molecule has 1 amide bonds. The molecule has 0 bridgehead atoms. The van der Waals surface area contributed by atoms with E-state index in [1.807, 2.05) is 13.0 Å². The van der Waals surface area contributed by atoms with E-state index in [1.165, 1.54) is 0 Å². The molecule has 0 spiro atoms. The largest absolute Gasteiger partial charge is 0.492 e. The lowest BCUT2D eigenvalue weighted by atomic mass is 10.1. The fourth-order valence-corrected chi connectivity index (χ4v) is 4.14. The molecular formula is C22H21NO4S. The molecule has 0 aliphatic heterocycles. The summed E-state index contributed by atoms with van der Waals surface area (Å²) >= 11 is 0. The molecule has 5 nitrogen and oxygen atoms in total. The number of rotatable bonds is 7. The number of sulfone groups is 1. The quantitative estimate of drug-likeness (QED) is 0.647. The van der Waals surface area contributed by atoms with Crippen molar-refractivity contribution in [2.45, 2.75) is 17.6 Å². The van der Waals surface area contributed by atoms with E-state index in [-0.39, 0.29) is 16.6 Å². The van der Waals surface area contributed by atoms with Crippen molar-refractivity contribution in [3.63, 3.8) is 0 Å². The van der Waals surface area contributed by atoms with E-state index in [2.05, 4.69) is 5.32 Å². The molecule has 3 aromatic rings. The van der Waals surface area contributed by atoms with Gasteiger partial charge in [0.1, 0.15) is 5.75 Å². The lowest BCUT2D eigenvalue weighted by Crippen LogP contribution is -2.13. The van der Waals surface area contributed by atoms with E-state index in [4.69, 9.17) is 4.74 Å². The van der Waals surface area contributed by atoms with Crippen LogP contribution >= 0.6 is 0 Å². The number of hydrogen-bond acceptors (Lipinski definition) is 4. The molecular weight excluding hydrogens is 374 g/mol. The smallest absolute Gasteiger partial charge is 0.255 e. The number of benzene rings is 3. The van der Waals surface area contributed by atoms with E-state index in [0.717, 1.165) is 0 Å². The lowest BCUT2D eigenvalue weighted by molar-refractivity contribution is 0.102. The maximum atomic E-state index is 12.6. The third-order valence-electron chi connectivity index (χ3n) is 4.08. The zero-order valence-corrected chi connectivity index (χ0v) is 16.3. The minimum Gasteiger partial charge on any atom is -0.492 e. The first-order chi connectivity index (χ1) is 13.5. The first-order valence-corrected chi connectivity index (χ1v) is 10.5. The van der Waals surface area contributed by atoms with Crippen molar-refractivity contribution in [2.24, 2.45) is 0 Å². The number of hydrogen-bond donors (Lipinski definition) is 1. The van der Waals surface area contributed by atoms with Crippen LogP contribution in [-0.4, -0.2) is 20.9 Å². The van der Waals surface area contributed by atoms with Crippen LogP contribution < -0.4 is 10.1 Å². The summed E-state index contributed by atoms with van der Waals surface area (Å²) in [6, 6.07) is 22.1. The number of nitrogens with one attached hydrogen (secondary N) is 1. The molecule has 0 unspecified atom stereocenters. The van der Waals surface area contributed by atoms with E-state index in [9.17, 15) is 13.2 Å². The van der Waals surface area contributed by atoms with Gasteiger partial charge in [-0.2, -0.15) is 0 Å². The van der Waals surface area contributed by atoms with Gasteiger partial charge in [-0.1, -0.05) is 42.5 Å². The van der Waals surface area contributed by atoms with E-state index in [1.54, 1.807) is 72.8 Å². The van der Waals surface area contributed by atoms with Crippen LogP contribution in [0.4, 0.5) is 5.69 Å². The summed E-state index contributed by atoms with van der Waals surface area (Å²) in [6.07, 6.45) is 0. The summed E-state index contributed by atoms with van der Waals surface area (Å²) in [5.74, 6) is 0.0838. The standard InChI is InChI=1S/C22H21NO4S/c1-2-27-21-14-7-6-13-20(21)23-22(24)18-10-8-9-17(15-18)16-28(25,26)19-11-4-3-5-12-19/h3-15H,2,16H2,1H3,(H,23,24). The molecule has 0 radical (unpaired) electrons. The Labute approximate surface area is 164 Å². The fourth-order valence-electron chi connectivity index (χ4n) is 2.78. The number of para-hydroxylation sites is 2. The zero-order chi connectivity index (χ0) is 20.0. The molecule has 0 saturated heterocycles. The molecule has 0 heterocycles. The molecule has 1 N–H and O–H groups in total. The van der Waals surface area contributed by atoms with Gasteiger partial charge >= 0.3 is 0 Å². The minimum absolute atomic E-state index is 0.173. The van der Waals surface area contributed by atoms with Gasteiger partial charge in [0.2, 0.25) is 0 Å². The van der Waals surface area contributed by atoms with Crippen molar-refractivity contribution in [1.29, 1.82) is 0 Å². The van der Waals surface area contributed by atoms with Gasteiger partial charge in [0.15, 0.2) is 9.84 Å².